The first-order chi connectivity index (χ1) is 15.6. The van der Waals surface area contributed by atoms with Crippen LogP contribution in [0, 0.1) is 19.3 Å². The van der Waals surface area contributed by atoms with E-state index in [1.54, 1.807) is 6.92 Å². The molecule has 32 heavy (non-hydrogen) atoms. The highest BCUT2D eigenvalue weighted by molar-refractivity contribution is 7.17. The Hall–Kier alpha value is -3.01. The number of thiophene rings is 1. The van der Waals surface area contributed by atoms with Crippen molar-refractivity contribution < 1.29 is 4.74 Å². The molecular formula is C26H34N4OS. The van der Waals surface area contributed by atoms with Gasteiger partial charge in [0.15, 0.2) is 0 Å². The number of terminal acetylenes is 1. The summed E-state index contributed by atoms with van der Waals surface area (Å²) >= 11 is 1.86. The molecule has 0 fully saturated rings. The fourth-order valence-electron chi connectivity index (χ4n) is 3.44. The van der Waals surface area contributed by atoms with Crippen LogP contribution in [0.4, 0.5) is 0 Å². The van der Waals surface area contributed by atoms with Crippen LogP contribution in [0.2, 0.25) is 0 Å². The van der Waals surface area contributed by atoms with Gasteiger partial charge in [-0.1, -0.05) is 31.5 Å². The predicted molar refractivity (Wildman–Crippen MR) is 138 cm³/mol. The van der Waals surface area contributed by atoms with E-state index >= 15 is 0 Å². The van der Waals surface area contributed by atoms with Gasteiger partial charge in [0.25, 0.3) is 0 Å². The van der Waals surface area contributed by atoms with Crippen LogP contribution in [0.3, 0.4) is 0 Å². The van der Waals surface area contributed by atoms with Crippen molar-refractivity contribution in [1.29, 1.82) is 0 Å². The third-order valence-electron chi connectivity index (χ3n) is 5.10. The number of nitrogens with two attached hydrogens (primary N) is 2. The summed E-state index contributed by atoms with van der Waals surface area (Å²) in [7, 11) is 0. The van der Waals surface area contributed by atoms with Crippen LogP contribution in [0.15, 0.2) is 46.9 Å². The van der Waals surface area contributed by atoms with Crippen LogP contribution >= 0.6 is 11.3 Å². The lowest BCUT2D eigenvalue weighted by Gasteiger charge is -2.10. The highest BCUT2D eigenvalue weighted by atomic mass is 32.1. The molecule has 170 valence electrons. The molecule has 0 saturated carbocycles. The maximum absolute atomic E-state index is 6.04. The van der Waals surface area contributed by atoms with Gasteiger partial charge in [0, 0.05) is 11.1 Å². The van der Waals surface area contributed by atoms with Crippen LogP contribution in [0.5, 0.6) is 5.75 Å². The van der Waals surface area contributed by atoms with Gasteiger partial charge < -0.3 is 16.0 Å². The van der Waals surface area contributed by atoms with E-state index in [1.165, 1.54) is 45.2 Å². The molecule has 3 rings (SSSR count). The van der Waals surface area contributed by atoms with E-state index in [9.17, 15) is 0 Å². The molecule has 0 aliphatic rings. The predicted octanol–water partition coefficient (Wildman–Crippen LogP) is 5.44. The van der Waals surface area contributed by atoms with Crippen molar-refractivity contribution in [3.63, 3.8) is 0 Å². The van der Waals surface area contributed by atoms with Gasteiger partial charge in [-0.2, -0.15) is 5.10 Å². The largest absolute Gasteiger partial charge is 0.489 e. The minimum atomic E-state index is 0.570. The molecule has 0 aliphatic heterocycles. The second-order valence-electron chi connectivity index (χ2n) is 7.60. The Balaban J connectivity index is 0.00000114. The lowest BCUT2D eigenvalue weighted by Crippen LogP contribution is -2.31. The third-order valence-corrected chi connectivity index (χ3v) is 6.28. The monoisotopic (exact) mass is 450 g/mol. The molecule has 3 aromatic rings. The maximum Gasteiger partial charge on any atom is 0.136 e. The highest BCUT2D eigenvalue weighted by Crippen LogP contribution is 2.31. The van der Waals surface area contributed by atoms with E-state index < -0.39 is 0 Å². The Morgan fingerprint density at radius 3 is 2.53 bits per heavy atom. The molecule has 5 N–H and O–H groups in total. The zero-order chi connectivity index (χ0) is 23.3. The van der Waals surface area contributed by atoms with Crippen molar-refractivity contribution in [2.45, 2.75) is 59.5 Å². The summed E-state index contributed by atoms with van der Waals surface area (Å²) in [4.78, 5) is 0. The Morgan fingerprint density at radius 2 is 1.91 bits per heavy atom. The fraction of sp³-hybridized carbons (Fsp3) is 0.346. The van der Waals surface area contributed by atoms with Crippen molar-refractivity contribution in [1.82, 2.24) is 5.43 Å². The van der Waals surface area contributed by atoms with Crippen molar-refractivity contribution in [3.05, 3.63) is 64.0 Å². The summed E-state index contributed by atoms with van der Waals surface area (Å²) in [5, 5.41) is 7.32. The smallest absolute Gasteiger partial charge is 0.136 e. The number of fused-ring (bicyclic) bond motifs is 1. The molecule has 0 spiro atoms. The normalized spacial score (nSPS) is 10.9. The van der Waals surface area contributed by atoms with E-state index in [0.29, 0.717) is 18.9 Å². The second kappa shape index (κ2) is 13.4. The molecular weight excluding hydrogens is 416 g/mol. The molecule has 0 bridgehead atoms. The Labute approximate surface area is 195 Å². The van der Waals surface area contributed by atoms with Crippen LogP contribution in [0.25, 0.3) is 10.1 Å². The molecule has 0 saturated heterocycles. The average molecular weight is 451 g/mol. The van der Waals surface area contributed by atoms with E-state index in [1.807, 2.05) is 23.5 Å². The first-order valence-corrected chi connectivity index (χ1v) is 11.8. The molecule has 0 atom stereocenters. The number of hydrogen-bond acceptors (Lipinski definition) is 5. The van der Waals surface area contributed by atoms with E-state index in [4.69, 9.17) is 16.4 Å². The van der Waals surface area contributed by atoms with Gasteiger partial charge in [-0.3, -0.25) is 0 Å². The summed E-state index contributed by atoms with van der Waals surface area (Å²) in [5.41, 5.74) is 7.70. The number of nitrogens with zero attached hydrogens (tertiary/aromatic N) is 1. The lowest BCUT2D eigenvalue weighted by molar-refractivity contribution is 0.306. The first kappa shape index (κ1) is 25.3. The van der Waals surface area contributed by atoms with Gasteiger partial charge in [0.2, 0.25) is 0 Å². The second-order valence-corrected chi connectivity index (χ2v) is 8.47. The van der Waals surface area contributed by atoms with Crippen LogP contribution < -0.4 is 21.8 Å². The first-order valence-electron chi connectivity index (χ1n) is 10.9. The van der Waals surface area contributed by atoms with E-state index in [0.717, 1.165) is 18.6 Å². The number of nitrogens with one attached hydrogen (secondary N) is 1. The summed E-state index contributed by atoms with van der Waals surface area (Å²) in [6, 6.07) is 12.7. The number of amidine groups is 1. The zero-order valence-corrected chi connectivity index (χ0v) is 20.1. The van der Waals surface area contributed by atoms with Gasteiger partial charge in [-0.15, -0.1) is 23.7 Å². The SMILES string of the molecule is C#CC.CCCCc1csc2c(C)cc(COc3ccc(CC/C(=N/N)NN)cc3)cc12. The Kier molecular flexibility index (Phi) is 10.6. The van der Waals surface area contributed by atoms with Crippen molar-refractivity contribution in [3.8, 4) is 18.1 Å². The van der Waals surface area contributed by atoms with Gasteiger partial charge in [0.1, 0.15) is 18.2 Å². The molecule has 1 heterocycles. The molecule has 5 nitrogen and oxygen atoms in total. The standard InChI is InChI=1S/C23H30N4OS.C3H4/c1-3-4-5-19-15-29-23-16(2)12-18(13-21(19)23)14-28-20-9-6-17(7-10-20)8-11-22(26-24)27-25;1-3-2/h6-7,9-10,12-13,15H,3-5,8,11,14,24-25H2,1-2H3,(H,26,27);1H,2H3. The number of hydrazine groups is 1. The van der Waals surface area contributed by atoms with Crippen LogP contribution in [0.1, 0.15) is 55.4 Å². The number of hydrazone groups is 1. The number of hydrogen-bond donors (Lipinski definition) is 3. The average Bonchev–Trinajstić information content (AvgIpc) is 3.21. The van der Waals surface area contributed by atoms with Crippen molar-refractivity contribution in [2.75, 3.05) is 0 Å². The van der Waals surface area contributed by atoms with E-state index in [2.05, 4.69) is 66.4 Å². The maximum atomic E-state index is 6.04. The number of benzene rings is 2. The fourth-order valence-corrected chi connectivity index (χ4v) is 4.50. The summed E-state index contributed by atoms with van der Waals surface area (Å²) in [6.45, 7) is 6.65. The molecule has 0 aliphatic carbocycles. The van der Waals surface area contributed by atoms with Gasteiger partial charge in [-0.05, 0) is 84.3 Å². The molecule has 0 amide bonds. The molecule has 1 aromatic heterocycles. The van der Waals surface area contributed by atoms with Gasteiger partial charge >= 0.3 is 0 Å². The molecule has 0 radical (unpaired) electrons. The minimum Gasteiger partial charge on any atom is -0.489 e. The third kappa shape index (κ3) is 7.30. The summed E-state index contributed by atoms with van der Waals surface area (Å²) < 4.78 is 7.44. The zero-order valence-electron chi connectivity index (χ0n) is 19.3. The Morgan fingerprint density at radius 1 is 1.19 bits per heavy atom. The molecule has 2 aromatic carbocycles. The minimum absolute atomic E-state index is 0.570. The number of rotatable bonds is 9. The Bertz CT molecular complexity index is 1050. The lowest BCUT2D eigenvalue weighted by atomic mass is 10.0. The number of unbranched alkanes of at least 4 members (excludes halogenated alkanes) is 1. The van der Waals surface area contributed by atoms with Crippen molar-refractivity contribution >= 4 is 27.3 Å². The number of ether oxygens (including phenoxy) is 1. The highest BCUT2D eigenvalue weighted by Gasteiger charge is 2.09. The number of aryl methyl sites for hydroxylation is 3. The van der Waals surface area contributed by atoms with Crippen LogP contribution in [-0.2, 0) is 19.4 Å². The summed E-state index contributed by atoms with van der Waals surface area (Å²) in [6.07, 6.45) is 9.69. The quantitative estimate of drug-likeness (QED) is 0.133. The van der Waals surface area contributed by atoms with Gasteiger partial charge in [-0.25, -0.2) is 5.84 Å². The van der Waals surface area contributed by atoms with Crippen molar-refractivity contribution in [2.24, 2.45) is 16.8 Å². The molecule has 6 heteroatoms. The topological polar surface area (TPSA) is 85.7 Å². The van der Waals surface area contributed by atoms with E-state index in [-0.39, 0.29) is 0 Å². The summed E-state index contributed by atoms with van der Waals surface area (Å²) in [5.74, 6) is 14.3. The van der Waals surface area contributed by atoms with Crippen LogP contribution in [-0.4, -0.2) is 5.84 Å². The molecule has 0 unspecified atom stereocenters. The van der Waals surface area contributed by atoms with Gasteiger partial charge in [0.05, 0.1) is 0 Å².